The Labute approximate surface area is 89.4 Å². The van der Waals surface area contributed by atoms with E-state index in [2.05, 4.69) is 12.2 Å². The summed E-state index contributed by atoms with van der Waals surface area (Å²) in [6.07, 6.45) is 5.76. The number of carbonyl (C=O) groups is 1. The number of rotatable bonds is 0. The van der Waals surface area contributed by atoms with Crippen molar-refractivity contribution in [3.8, 4) is 0 Å². The minimum Gasteiger partial charge on any atom is -0.344 e. The first-order valence-corrected chi connectivity index (χ1v) is 5.63. The second kappa shape index (κ2) is 2.92. The van der Waals surface area contributed by atoms with Crippen LogP contribution in [0.3, 0.4) is 0 Å². The molecule has 0 aromatic carbocycles. The summed E-state index contributed by atoms with van der Waals surface area (Å²) in [6.45, 7) is 3.76. The molecule has 1 saturated carbocycles. The molecular weight excluding hydrogens is 192 g/mol. The lowest BCUT2D eigenvalue weighted by Crippen LogP contribution is -2.30. The molecule has 0 amide bonds. The van der Waals surface area contributed by atoms with Gasteiger partial charge in [0.2, 0.25) is 0 Å². The second-order valence-electron chi connectivity index (χ2n) is 5.14. The molecule has 82 valence electrons. The average Bonchev–Trinajstić information content (AvgIpc) is 2.63. The van der Waals surface area contributed by atoms with Crippen LogP contribution >= 0.6 is 0 Å². The van der Waals surface area contributed by atoms with E-state index in [0.717, 1.165) is 12.8 Å². The van der Waals surface area contributed by atoms with Gasteiger partial charge in [-0.15, -0.1) is 0 Å². The van der Waals surface area contributed by atoms with Crippen LogP contribution in [-0.4, -0.2) is 23.8 Å². The van der Waals surface area contributed by atoms with Crippen LogP contribution in [0, 0.1) is 11.8 Å². The number of hydrogen-bond donors (Lipinski definition) is 0. The lowest BCUT2D eigenvalue weighted by Gasteiger charge is -2.26. The van der Waals surface area contributed by atoms with Crippen molar-refractivity contribution in [2.45, 2.75) is 44.7 Å². The Morgan fingerprint density at radius 1 is 1.27 bits per heavy atom. The van der Waals surface area contributed by atoms with E-state index in [1.54, 1.807) is 0 Å². The topological polar surface area (TPSA) is 35.5 Å². The van der Waals surface area contributed by atoms with Gasteiger partial charge >= 0.3 is 0 Å². The quantitative estimate of drug-likeness (QED) is 0.568. The summed E-state index contributed by atoms with van der Waals surface area (Å²) in [5.74, 6) is 0.146. The Balaban J connectivity index is 1.91. The summed E-state index contributed by atoms with van der Waals surface area (Å²) >= 11 is 0. The molecule has 1 heterocycles. The third kappa shape index (κ3) is 1.30. The van der Waals surface area contributed by atoms with Gasteiger partial charge in [-0.05, 0) is 26.7 Å². The van der Waals surface area contributed by atoms with Crippen molar-refractivity contribution in [2.24, 2.45) is 11.8 Å². The second-order valence-corrected chi connectivity index (χ2v) is 5.14. The van der Waals surface area contributed by atoms with Crippen LogP contribution in [0.25, 0.3) is 0 Å². The lowest BCUT2D eigenvalue weighted by atomic mass is 9.84. The molecule has 3 heteroatoms. The molecule has 0 spiro atoms. The molecule has 2 aliphatic carbocycles. The maximum Gasteiger partial charge on any atom is 0.168 e. The fraction of sp³-hybridized carbons (Fsp3) is 0.750. The Hall–Kier alpha value is -0.670. The number of Topliss-reactive ketones (excluding diaryl/α,β-unsaturated/α-hetero) is 1. The molecule has 0 aromatic rings. The normalized spacial score (nSPS) is 46.7. The first kappa shape index (κ1) is 9.55. The largest absolute Gasteiger partial charge is 0.344 e. The molecule has 1 saturated heterocycles. The average molecular weight is 208 g/mol. The van der Waals surface area contributed by atoms with E-state index in [0.29, 0.717) is 5.92 Å². The molecule has 3 nitrogen and oxygen atoms in total. The van der Waals surface area contributed by atoms with Crippen molar-refractivity contribution in [3.63, 3.8) is 0 Å². The van der Waals surface area contributed by atoms with Gasteiger partial charge in [-0.3, -0.25) is 4.79 Å². The smallest absolute Gasteiger partial charge is 0.168 e. The van der Waals surface area contributed by atoms with Crippen LogP contribution in [0.5, 0.6) is 0 Å². The van der Waals surface area contributed by atoms with Gasteiger partial charge < -0.3 is 9.47 Å². The van der Waals surface area contributed by atoms with Gasteiger partial charge in [0.15, 0.2) is 11.6 Å². The number of allylic oxidation sites excluding steroid dienone is 2. The molecule has 0 radical (unpaired) electrons. The Morgan fingerprint density at radius 3 is 2.80 bits per heavy atom. The van der Waals surface area contributed by atoms with E-state index in [9.17, 15) is 4.79 Å². The maximum atomic E-state index is 12.1. The SMILES string of the molecule is CC1(C)O[C@H]2[C@@H]3CC=CC[C@@H]3C(=O)[C@H]2O1. The van der Waals surface area contributed by atoms with E-state index >= 15 is 0 Å². The number of ether oxygens (including phenoxy) is 2. The van der Waals surface area contributed by atoms with Gasteiger partial charge in [-0.2, -0.15) is 0 Å². The predicted molar refractivity (Wildman–Crippen MR) is 54.2 cm³/mol. The first-order chi connectivity index (χ1) is 7.08. The maximum absolute atomic E-state index is 12.1. The van der Waals surface area contributed by atoms with Crippen LogP contribution < -0.4 is 0 Å². The van der Waals surface area contributed by atoms with E-state index in [1.165, 1.54) is 0 Å². The van der Waals surface area contributed by atoms with Crippen molar-refractivity contribution in [1.29, 1.82) is 0 Å². The first-order valence-electron chi connectivity index (χ1n) is 5.63. The van der Waals surface area contributed by atoms with Crippen molar-refractivity contribution in [3.05, 3.63) is 12.2 Å². The standard InChI is InChI=1S/C12H16O3/c1-12(2)14-10-8-6-4-3-5-7(8)9(13)11(10)15-12/h3-4,7-8,10-11H,5-6H2,1-2H3/t7-,8+,10-,11+/m0/s1. The van der Waals surface area contributed by atoms with E-state index in [1.807, 2.05) is 13.8 Å². The molecule has 0 aromatic heterocycles. The molecule has 0 bridgehead atoms. The van der Waals surface area contributed by atoms with Crippen molar-refractivity contribution in [2.75, 3.05) is 0 Å². The minimum atomic E-state index is -0.586. The highest BCUT2D eigenvalue weighted by Crippen LogP contribution is 2.46. The van der Waals surface area contributed by atoms with Crippen molar-refractivity contribution < 1.29 is 14.3 Å². The number of carbonyl (C=O) groups excluding carboxylic acids is 1. The monoisotopic (exact) mass is 208 g/mol. The van der Waals surface area contributed by atoms with E-state index < -0.39 is 5.79 Å². The predicted octanol–water partition coefficient (Wildman–Crippen LogP) is 1.67. The van der Waals surface area contributed by atoms with Gasteiger partial charge in [0.25, 0.3) is 0 Å². The summed E-state index contributed by atoms with van der Waals surface area (Å²) in [4.78, 5) is 12.1. The number of hydrogen-bond acceptors (Lipinski definition) is 3. The molecule has 3 rings (SSSR count). The summed E-state index contributed by atoms with van der Waals surface area (Å²) in [7, 11) is 0. The number of ketones is 1. The molecule has 1 aliphatic heterocycles. The van der Waals surface area contributed by atoms with Gasteiger partial charge in [-0.25, -0.2) is 0 Å². The summed E-state index contributed by atoms with van der Waals surface area (Å²) in [5.41, 5.74) is 0. The summed E-state index contributed by atoms with van der Waals surface area (Å²) in [6, 6.07) is 0. The fourth-order valence-electron chi connectivity index (χ4n) is 3.06. The number of fused-ring (bicyclic) bond motifs is 3. The highest BCUT2D eigenvalue weighted by Gasteiger charge is 2.57. The fourth-order valence-corrected chi connectivity index (χ4v) is 3.06. The van der Waals surface area contributed by atoms with Gasteiger partial charge in [0, 0.05) is 11.8 Å². The van der Waals surface area contributed by atoms with Crippen LogP contribution in [0.4, 0.5) is 0 Å². The van der Waals surface area contributed by atoms with Crippen molar-refractivity contribution >= 4 is 5.78 Å². The molecule has 3 aliphatic rings. The highest BCUT2D eigenvalue weighted by molar-refractivity contribution is 5.89. The van der Waals surface area contributed by atoms with Gasteiger partial charge in [0.1, 0.15) is 6.10 Å². The molecule has 0 N–H and O–H groups in total. The van der Waals surface area contributed by atoms with Gasteiger partial charge in [0.05, 0.1) is 6.10 Å². The van der Waals surface area contributed by atoms with Crippen molar-refractivity contribution in [1.82, 2.24) is 0 Å². The zero-order valence-corrected chi connectivity index (χ0v) is 9.10. The molecule has 2 fully saturated rings. The van der Waals surface area contributed by atoms with Crippen LogP contribution in [0.2, 0.25) is 0 Å². The van der Waals surface area contributed by atoms with Gasteiger partial charge in [-0.1, -0.05) is 12.2 Å². The zero-order valence-electron chi connectivity index (χ0n) is 9.10. The Kier molecular flexibility index (Phi) is 1.86. The Morgan fingerprint density at radius 2 is 2.00 bits per heavy atom. The highest BCUT2D eigenvalue weighted by atomic mass is 16.8. The van der Waals surface area contributed by atoms with E-state index in [4.69, 9.17) is 9.47 Å². The molecule has 0 unspecified atom stereocenters. The Bertz CT molecular complexity index is 332. The van der Waals surface area contributed by atoms with E-state index in [-0.39, 0.29) is 23.9 Å². The zero-order chi connectivity index (χ0) is 10.6. The molecule has 4 atom stereocenters. The van der Waals surface area contributed by atoms with Crippen LogP contribution in [-0.2, 0) is 14.3 Å². The van der Waals surface area contributed by atoms with Crippen LogP contribution in [0.15, 0.2) is 12.2 Å². The minimum absolute atomic E-state index is 0.0116. The summed E-state index contributed by atoms with van der Waals surface area (Å²) in [5, 5.41) is 0. The lowest BCUT2D eigenvalue weighted by molar-refractivity contribution is -0.167. The molecular formula is C12H16O3. The van der Waals surface area contributed by atoms with Crippen LogP contribution in [0.1, 0.15) is 26.7 Å². The summed E-state index contributed by atoms with van der Waals surface area (Å²) < 4.78 is 11.5. The third-order valence-electron chi connectivity index (χ3n) is 3.68. The molecule has 15 heavy (non-hydrogen) atoms. The third-order valence-corrected chi connectivity index (χ3v) is 3.68.